The maximum Gasteiger partial charge on any atom is 0.191 e. The van der Waals surface area contributed by atoms with Crippen molar-refractivity contribution in [3.8, 4) is 0 Å². The standard InChI is InChI=1S/C13H14N4S/c1-3-8-18-13-15-11-7-5-4-6-10(11)12-14-9(2)16-17(12)13/h4-7H,3,8H2,1-2H3. The van der Waals surface area contributed by atoms with Gasteiger partial charge in [0.15, 0.2) is 10.8 Å². The molecule has 2 aromatic heterocycles. The fourth-order valence-electron chi connectivity index (χ4n) is 1.92. The van der Waals surface area contributed by atoms with Gasteiger partial charge in [0.05, 0.1) is 5.52 Å². The normalized spacial score (nSPS) is 11.4. The summed E-state index contributed by atoms with van der Waals surface area (Å²) in [6.45, 7) is 4.08. The third kappa shape index (κ3) is 1.84. The Bertz CT molecular complexity index is 705. The summed E-state index contributed by atoms with van der Waals surface area (Å²) in [4.78, 5) is 9.19. The number of aryl methyl sites for hydroxylation is 1. The van der Waals surface area contributed by atoms with Gasteiger partial charge in [-0.2, -0.15) is 4.52 Å². The van der Waals surface area contributed by atoms with Crippen LogP contribution in [0.15, 0.2) is 29.4 Å². The number of para-hydroxylation sites is 1. The van der Waals surface area contributed by atoms with Crippen molar-refractivity contribution in [1.29, 1.82) is 0 Å². The molecule has 0 atom stereocenters. The van der Waals surface area contributed by atoms with Gasteiger partial charge in [0.25, 0.3) is 0 Å². The van der Waals surface area contributed by atoms with E-state index in [4.69, 9.17) is 0 Å². The first kappa shape index (κ1) is 11.5. The molecular weight excluding hydrogens is 244 g/mol. The number of aromatic nitrogens is 4. The van der Waals surface area contributed by atoms with Crippen molar-refractivity contribution in [3.63, 3.8) is 0 Å². The molecule has 1 aromatic carbocycles. The molecule has 0 N–H and O–H groups in total. The molecule has 0 saturated heterocycles. The highest BCUT2D eigenvalue weighted by Crippen LogP contribution is 2.23. The van der Waals surface area contributed by atoms with Gasteiger partial charge in [0, 0.05) is 11.1 Å². The van der Waals surface area contributed by atoms with Crippen molar-refractivity contribution in [2.75, 3.05) is 5.75 Å². The Morgan fingerprint density at radius 3 is 2.89 bits per heavy atom. The first-order chi connectivity index (χ1) is 8.79. The summed E-state index contributed by atoms with van der Waals surface area (Å²) in [5.74, 6) is 1.82. The average molecular weight is 258 g/mol. The summed E-state index contributed by atoms with van der Waals surface area (Å²) < 4.78 is 1.86. The van der Waals surface area contributed by atoms with Crippen molar-refractivity contribution >= 4 is 28.3 Å². The van der Waals surface area contributed by atoms with E-state index in [9.17, 15) is 0 Å². The summed E-state index contributed by atoms with van der Waals surface area (Å²) in [6, 6.07) is 8.08. The molecular formula is C13H14N4S. The first-order valence-corrected chi connectivity index (χ1v) is 7.03. The van der Waals surface area contributed by atoms with Gasteiger partial charge < -0.3 is 0 Å². The Morgan fingerprint density at radius 2 is 2.06 bits per heavy atom. The third-order valence-electron chi connectivity index (χ3n) is 2.69. The molecule has 0 unspecified atom stereocenters. The second-order valence-corrected chi connectivity index (χ2v) is 5.22. The molecule has 0 saturated carbocycles. The highest BCUT2D eigenvalue weighted by atomic mass is 32.2. The van der Waals surface area contributed by atoms with Gasteiger partial charge in [-0.15, -0.1) is 5.10 Å². The fraction of sp³-hybridized carbons (Fsp3) is 0.308. The minimum absolute atomic E-state index is 0.784. The minimum atomic E-state index is 0.784. The van der Waals surface area contributed by atoms with E-state index in [1.165, 1.54) is 0 Å². The van der Waals surface area contributed by atoms with Gasteiger partial charge in [0.2, 0.25) is 0 Å². The Kier molecular flexibility index (Phi) is 2.91. The molecule has 0 amide bonds. The zero-order valence-corrected chi connectivity index (χ0v) is 11.2. The molecule has 4 nitrogen and oxygen atoms in total. The summed E-state index contributed by atoms with van der Waals surface area (Å²) in [5, 5.41) is 6.42. The van der Waals surface area contributed by atoms with Crippen LogP contribution in [0.3, 0.4) is 0 Å². The van der Waals surface area contributed by atoms with Crippen molar-refractivity contribution in [1.82, 2.24) is 19.6 Å². The van der Waals surface area contributed by atoms with Gasteiger partial charge >= 0.3 is 0 Å². The number of benzene rings is 1. The molecule has 0 bridgehead atoms. The second kappa shape index (κ2) is 4.57. The van der Waals surface area contributed by atoms with Crippen LogP contribution in [0, 0.1) is 6.92 Å². The van der Waals surface area contributed by atoms with Crippen LogP contribution in [0.25, 0.3) is 16.6 Å². The Hall–Kier alpha value is -1.62. The van der Waals surface area contributed by atoms with E-state index >= 15 is 0 Å². The Morgan fingerprint density at radius 1 is 1.22 bits per heavy atom. The Labute approximate surface area is 109 Å². The molecule has 3 rings (SSSR count). The van der Waals surface area contributed by atoms with Crippen LogP contribution in [0.1, 0.15) is 19.2 Å². The van der Waals surface area contributed by atoms with E-state index in [1.54, 1.807) is 11.8 Å². The van der Waals surface area contributed by atoms with Crippen LogP contribution >= 0.6 is 11.8 Å². The molecule has 0 radical (unpaired) electrons. The smallest absolute Gasteiger partial charge is 0.191 e. The topological polar surface area (TPSA) is 43.1 Å². The average Bonchev–Trinajstić information content (AvgIpc) is 2.78. The first-order valence-electron chi connectivity index (χ1n) is 6.04. The molecule has 0 aliphatic heterocycles. The summed E-state index contributed by atoms with van der Waals surface area (Å²) in [6.07, 6.45) is 1.12. The maximum absolute atomic E-state index is 4.68. The largest absolute Gasteiger partial charge is 0.222 e. The van der Waals surface area contributed by atoms with Crippen LogP contribution in [0.2, 0.25) is 0 Å². The molecule has 92 valence electrons. The second-order valence-electron chi connectivity index (χ2n) is 4.15. The van der Waals surface area contributed by atoms with Crippen molar-refractivity contribution in [2.24, 2.45) is 0 Å². The lowest BCUT2D eigenvalue weighted by Gasteiger charge is -2.04. The molecule has 0 aliphatic carbocycles. The van der Waals surface area contributed by atoms with Crippen molar-refractivity contribution < 1.29 is 0 Å². The molecule has 5 heteroatoms. The fourth-order valence-corrected chi connectivity index (χ4v) is 2.72. The molecule has 18 heavy (non-hydrogen) atoms. The Balaban J connectivity index is 2.31. The monoisotopic (exact) mass is 258 g/mol. The lowest BCUT2D eigenvalue weighted by Crippen LogP contribution is -1.98. The van der Waals surface area contributed by atoms with Gasteiger partial charge in [-0.3, -0.25) is 0 Å². The van der Waals surface area contributed by atoms with Crippen molar-refractivity contribution in [2.45, 2.75) is 25.4 Å². The number of fused-ring (bicyclic) bond motifs is 3. The van der Waals surface area contributed by atoms with E-state index in [1.807, 2.05) is 35.7 Å². The molecule has 0 aliphatic rings. The predicted octanol–water partition coefficient (Wildman–Crippen LogP) is 3.09. The predicted molar refractivity (Wildman–Crippen MR) is 74.0 cm³/mol. The summed E-state index contributed by atoms with van der Waals surface area (Å²) >= 11 is 1.73. The van der Waals surface area contributed by atoms with Gasteiger partial charge in [0.1, 0.15) is 5.82 Å². The van der Waals surface area contributed by atoms with E-state index in [-0.39, 0.29) is 0 Å². The zero-order chi connectivity index (χ0) is 12.5. The number of thioether (sulfide) groups is 1. The number of hydrogen-bond donors (Lipinski definition) is 0. The lowest BCUT2D eigenvalue weighted by atomic mass is 10.2. The quantitative estimate of drug-likeness (QED) is 0.535. The van der Waals surface area contributed by atoms with Crippen molar-refractivity contribution in [3.05, 3.63) is 30.1 Å². The molecule has 3 aromatic rings. The van der Waals surface area contributed by atoms with Crippen LogP contribution < -0.4 is 0 Å². The van der Waals surface area contributed by atoms with Crippen LogP contribution in [0.5, 0.6) is 0 Å². The van der Waals surface area contributed by atoms with Gasteiger partial charge in [-0.05, 0) is 25.5 Å². The third-order valence-corrected chi connectivity index (χ3v) is 3.83. The summed E-state index contributed by atoms with van der Waals surface area (Å²) in [7, 11) is 0. The van der Waals surface area contributed by atoms with E-state index in [0.717, 1.165) is 39.7 Å². The number of nitrogens with zero attached hydrogens (tertiary/aromatic N) is 4. The van der Waals surface area contributed by atoms with E-state index in [0.29, 0.717) is 0 Å². The number of rotatable bonds is 3. The minimum Gasteiger partial charge on any atom is -0.222 e. The maximum atomic E-state index is 4.68. The van der Waals surface area contributed by atoms with Gasteiger partial charge in [-0.1, -0.05) is 30.8 Å². The molecule has 2 heterocycles. The molecule has 0 fully saturated rings. The molecule has 0 spiro atoms. The van der Waals surface area contributed by atoms with Crippen LogP contribution in [-0.4, -0.2) is 25.3 Å². The highest BCUT2D eigenvalue weighted by Gasteiger charge is 2.11. The van der Waals surface area contributed by atoms with Crippen LogP contribution in [0.4, 0.5) is 0 Å². The highest BCUT2D eigenvalue weighted by molar-refractivity contribution is 7.99. The SMILES string of the molecule is CCCSc1nc2ccccc2c2nc(C)nn12. The van der Waals surface area contributed by atoms with E-state index in [2.05, 4.69) is 22.0 Å². The van der Waals surface area contributed by atoms with Crippen LogP contribution in [-0.2, 0) is 0 Å². The lowest BCUT2D eigenvalue weighted by molar-refractivity contribution is 0.796. The van der Waals surface area contributed by atoms with E-state index < -0.39 is 0 Å². The summed E-state index contributed by atoms with van der Waals surface area (Å²) in [5.41, 5.74) is 1.88. The zero-order valence-electron chi connectivity index (χ0n) is 10.4. The number of hydrogen-bond acceptors (Lipinski definition) is 4. The van der Waals surface area contributed by atoms with Gasteiger partial charge in [-0.25, -0.2) is 9.97 Å².